The SMILES string of the molecule is Cc1nnnn1-c1nc(N2CCN(C(=O)N3N=CC[C@H]3c3ccccc3)CC2)ncc1F. The van der Waals surface area contributed by atoms with Crippen molar-refractivity contribution in [2.75, 3.05) is 31.1 Å². The lowest BCUT2D eigenvalue weighted by atomic mass is 10.1. The summed E-state index contributed by atoms with van der Waals surface area (Å²) in [4.78, 5) is 25.3. The maximum atomic E-state index is 14.3. The number of halogens is 1. The number of anilines is 1. The van der Waals surface area contributed by atoms with Crippen LogP contribution in [0.2, 0.25) is 0 Å². The molecule has 0 bridgehead atoms. The number of aromatic nitrogens is 6. The Kier molecular flexibility index (Phi) is 5.17. The van der Waals surface area contributed by atoms with Crippen molar-refractivity contribution in [3.05, 3.63) is 53.7 Å². The van der Waals surface area contributed by atoms with Crippen LogP contribution in [0.3, 0.4) is 0 Å². The Morgan fingerprint density at radius 3 is 2.62 bits per heavy atom. The normalized spacial score (nSPS) is 18.4. The molecule has 0 saturated carbocycles. The third-order valence-electron chi connectivity index (χ3n) is 5.58. The Hall–Kier alpha value is -3.96. The molecule has 5 rings (SSSR count). The first-order valence-electron chi connectivity index (χ1n) is 10.3. The molecule has 2 aliphatic rings. The van der Waals surface area contributed by atoms with E-state index in [1.807, 2.05) is 35.2 Å². The third kappa shape index (κ3) is 3.63. The van der Waals surface area contributed by atoms with Crippen molar-refractivity contribution in [1.82, 2.24) is 40.1 Å². The second kappa shape index (κ2) is 8.29. The largest absolute Gasteiger partial charge is 0.341 e. The van der Waals surface area contributed by atoms with Crippen molar-refractivity contribution < 1.29 is 9.18 Å². The molecule has 4 heterocycles. The van der Waals surface area contributed by atoms with Gasteiger partial charge in [-0.1, -0.05) is 30.3 Å². The number of nitrogens with zero attached hydrogens (tertiary/aromatic N) is 10. The van der Waals surface area contributed by atoms with E-state index >= 15 is 0 Å². The van der Waals surface area contributed by atoms with Gasteiger partial charge >= 0.3 is 6.03 Å². The van der Waals surface area contributed by atoms with Gasteiger partial charge in [-0.15, -0.1) is 5.10 Å². The van der Waals surface area contributed by atoms with Crippen LogP contribution in [0.4, 0.5) is 15.1 Å². The summed E-state index contributed by atoms with van der Waals surface area (Å²) in [6.07, 6.45) is 3.58. The molecule has 32 heavy (non-hydrogen) atoms. The van der Waals surface area contributed by atoms with Gasteiger partial charge in [0.1, 0.15) is 0 Å². The quantitative estimate of drug-likeness (QED) is 0.613. The van der Waals surface area contributed by atoms with E-state index in [2.05, 4.69) is 30.6 Å². The lowest BCUT2D eigenvalue weighted by Crippen LogP contribution is -2.52. The maximum absolute atomic E-state index is 14.3. The highest BCUT2D eigenvalue weighted by molar-refractivity contribution is 5.78. The average molecular weight is 436 g/mol. The molecule has 1 saturated heterocycles. The summed E-state index contributed by atoms with van der Waals surface area (Å²) in [5.41, 5.74) is 1.06. The van der Waals surface area contributed by atoms with E-state index < -0.39 is 5.82 Å². The van der Waals surface area contributed by atoms with Gasteiger partial charge in [-0.25, -0.2) is 19.2 Å². The fraction of sp³-hybridized carbons (Fsp3) is 0.350. The number of benzene rings is 1. The summed E-state index contributed by atoms with van der Waals surface area (Å²) in [5.74, 6) is 0.165. The Bertz CT molecular complexity index is 1140. The van der Waals surface area contributed by atoms with E-state index in [-0.39, 0.29) is 17.9 Å². The summed E-state index contributed by atoms with van der Waals surface area (Å²) < 4.78 is 15.5. The molecule has 164 valence electrons. The van der Waals surface area contributed by atoms with Crippen molar-refractivity contribution in [1.29, 1.82) is 0 Å². The molecule has 2 amide bonds. The number of tetrazole rings is 1. The van der Waals surface area contributed by atoms with E-state index in [0.29, 0.717) is 44.4 Å². The van der Waals surface area contributed by atoms with E-state index in [1.54, 1.807) is 23.0 Å². The van der Waals surface area contributed by atoms with Crippen LogP contribution < -0.4 is 4.90 Å². The van der Waals surface area contributed by atoms with Crippen molar-refractivity contribution in [3.63, 3.8) is 0 Å². The van der Waals surface area contributed by atoms with E-state index in [4.69, 9.17) is 0 Å². The van der Waals surface area contributed by atoms with Gasteiger partial charge in [0, 0.05) is 38.8 Å². The first-order valence-corrected chi connectivity index (χ1v) is 10.3. The Labute approximate surface area is 183 Å². The molecule has 3 aromatic rings. The highest BCUT2D eigenvalue weighted by Crippen LogP contribution is 2.29. The van der Waals surface area contributed by atoms with Gasteiger partial charge in [-0.3, -0.25) is 0 Å². The summed E-state index contributed by atoms with van der Waals surface area (Å²) in [5, 5.41) is 17.0. The van der Waals surface area contributed by atoms with Crippen LogP contribution in [0.15, 0.2) is 41.6 Å². The second-order valence-corrected chi connectivity index (χ2v) is 7.54. The molecule has 0 spiro atoms. The number of aryl methyl sites for hydroxylation is 1. The van der Waals surface area contributed by atoms with Gasteiger partial charge < -0.3 is 9.80 Å². The summed E-state index contributed by atoms with van der Waals surface area (Å²) >= 11 is 0. The van der Waals surface area contributed by atoms with Crippen molar-refractivity contribution in [2.24, 2.45) is 5.10 Å². The Morgan fingerprint density at radius 2 is 1.91 bits per heavy atom. The lowest BCUT2D eigenvalue weighted by molar-refractivity contribution is 0.139. The zero-order valence-corrected chi connectivity index (χ0v) is 17.4. The minimum atomic E-state index is -0.614. The fourth-order valence-corrected chi connectivity index (χ4v) is 3.87. The maximum Gasteiger partial charge on any atom is 0.341 e. The van der Waals surface area contributed by atoms with Crippen LogP contribution in [0.5, 0.6) is 0 Å². The first-order chi connectivity index (χ1) is 15.6. The van der Waals surface area contributed by atoms with Gasteiger partial charge in [0.15, 0.2) is 17.5 Å². The van der Waals surface area contributed by atoms with Crippen LogP contribution >= 0.6 is 0 Å². The number of amides is 2. The molecular formula is C20H21FN10O. The third-order valence-corrected chi connectivity index (χ3v) is 5.58. The van der Waals surface area contributed by atoms with Gasteiger partial charge in [0.05, 0.1) is 12.2 Å². The smallest absolute Gasteiger partial charge is 0.337 e. The first kappa shape index (κ1) is 20.0. The zero-order valence-electron chi connectivity index (χ0n) is 17.4. The zero-order chi connectivity index (χ0) is 22.1. The average Bonchev–Trinajstić information content (AvgIpc) is 3.49. The van der Waals surface area contributed by atoms with E-state index in [9.17, 15) is 9.18 Å². The van der Waals surface area contributed by atoms with Crippen LogP contribution in [0, 0.1) is 12.7 Å². The molecule has 0 radical (unpaired) electrons. The second-order valence-electron chi connectivity index (χ2n) is 7.54. The molecule has 2 aromatic heterocycles. The minimum absolute atomic E-state index is 0.00638. The van der Waals surface area contributed by atoms with Gasteiger partial charge in [0.25, 0.3) is 0 Å². The predicted octanol–water partition coefficient (Wildman–Crippen LogP) is 1.57. The lowest BCUT2D eigenvalue weighted by Gasteiger charge is -2.37. The van der Waals surface area contributed by atoms with Crippen molar-refractivity contribution in [3.8, 4) is 5.82 Å². The molecule has 0 aliphatic carbocycles. The molecule has 0 N–H and O–H groups in total. The summed E-state index contributed by atoms with van der Waals surface area (Å²) in [7, 11) is 0. The molecule has 12 heteroatoms. The monoisotopic (exact) mass is 436 g/mol. The summed E-state index contributed by atoms with van der Waals surface area (Å²) in [6.45, 7) is 3.64. The molecular weight excluding hydrogens is 415 g/mol. The number of urea groups is 1. The molecule has 1 aromatic carbocycles. The van der Waals surface area contributed by atoms with Crippen LogP contribution in [-0.4, -0.2) is 78.5 Å². The van der Waals surface area contributed by atoms with Crippen LogP contribution in [-0.2, 0) is 0 Å². The van der Waals surface area contributed by atoms with Gasteiger partial charge in [0.2, 0.25) is 5.95 Å². The highest BCUT2D eigenvalue weighted by Gasteiger charge is 2.33. The molecule has 1 fully saturated rings. The minimum Gasteiger partial charge on any atom is -0.337 e. The number of carbonyl (C=O) groups excluding carboxylic acids is 1. The number of hydrogen-bond donors (Lipinski definition) is 0. The van der Waals surface area contributed by atoms with Crippen molar-refractivity contribution >= 4 is 18.2 Å². The van der Waals surface area contributed by atoms with E-state index in [0.717, 1.165) is 11.8 Å². The molecule has 0 unspecified atom stereocenters. The van der Waals surface area contributed by atoms with Crippen LogP contribution in [0.25, 0.3) is 5.82 Å². The topological polar surface area (TPSA) is 109 Å². The molecule has 1 atom stereocenters. The Balaban J connectivity index is 1.27. The van der Waals surface area contributed by atoms with Gasteiger partial charge in [-0.05, 0) is 22.9 Å². The molecule has 11 nitrogen and oxygen atoms in total. The Morgan fingerprint density at radius 1 is 1.12 bits per heavy atom. The van der Waals surface area contributed by atoms with Crippen LogP contribution in [0.1, 0.15) is 23.9 Å². The van der Waals surface area contributed by atoms with Crippen molar-refractivity contribution in [2.45, 2.75) is 19.4 Å². The number of hydrazone groups is 1. The number of hydrogen-bond acceptors (Lipinski definition) is 8. The number of rotatable bonds is 3. The number of carbonyl (C=O) groups is 1. The number of piperazine rings is 1. The predicted molar refractivity (Wildman–Crippen MR) is 113 cm³/mol. The highest BCUT2D eigenvalue weighted by atomic mass is 19.1. The van der Waals surface area contributed by atoms with Gasteiger partial charge in [-0.2, -0.15) is 14.8 Å². The van der Waals surface area contributed by atoms with E-state index in [1.165, 1.54) is 4.68 Å². The summed E-state index contributed by atoms with van der Waals surface area (Å²) in [6, 6.07) is 9.67. The molecule has 2 aliphatic heterocycles. The standard InChI is InChI=1S/C20H21FN10O/c1-14-25-26-27-30(14)18-16(21)13-22-19(24-18)28-9-11-29(12-10-28)20(32)31-17(7-8-23-31)15-5-3-2-4-6-15/h2-6,8,13,17H,7,9-12H2,1H3/t17-/m0/s1. The fourth-order valence-electron chi connectivity index (χ4n) is 3.87.